The summed E-state index contributed by atoms with van der Waals surface area (Å²) in [6, 6.07) is 16.1. The van der Waals surface area contributed by atoms with Crippen molar-refractivity contribution in [3.05, 3.63) is 70.8 Å². The Kier molecular flexibility index (Phi) is 7.27. The van der Waals surface area contributed by atoms with Gasteiger partial charge < -0.3 is 10.2 Å². The summed E-state index contributed by atoms with van der Waals surface area (Å²) in [5, 5.41) is 3.05. The third kappa shape index (κ3) is 5.48. The molecule has 1 aliphatic heterocycles. The first-order chi connectivity index (χ1) is 14.3. The molecule has 1 heterocycles. The Balaban J connectivity index is 1.54. The SMILES string of the molecule is Cc1ccc(CNC(=O)C2CCN(C(=O)C(c3ccc(C)cc3)N(C)C)CC2)cc1. The van der Waals surface area contributed by atoms with E-state index in [0.717, 1.165) is 11.1 Å². The maximum absolute atomic E-state index is 13.2. The minimum Gasteiger partial charge on any atom is -0.352 e. The van der Waals surface area contributed by atoms with E-state index in [-0.39, 0.29) is 23.8 Å². The highest BCUT2D eigenvalue weighted by Gasteiger charge is 2.32. The smallest absolute Gasteiger partial charge is 0.244 e. The third-order valence-corrected chi connectivity index (χ3v) is 5.91. The summed E-state index contributed by atoms with van der Waals surface area (Å²) in [6.45, 7) is 5.89. The Morgan fingerprint density at radius 2 is 1.50 bits per heavy atom. The van der Waals surface area contributed by atoms with E-state index in [2.05, 4.69) is 24.4 Å². The van der Waals surface area contributed by atoms with Crippen LogP contribution in [0, 0.1) is 19.8 Å². The van der Waals surface area contributed by atoms with Gasteiger partial charge >= 0.3 is 0 Å². The van der Waals surface area contributed by atoms with Gasteiger partial charge in [0.05, 0.1) is 0 Å². The number of hydrogen-bond acceptors (Lipinski definition) is 3. The lowest BCUT2D eigenvalue weighted by molar-refractivity contribution is -0.139. The molecule has 2 amide bonds. The van der Waals surface area contributed by atoms with Gasteiger partial charge in [-0.3, -0.25) is 14.5 Å². The number of likely N-dealkylation sites (N-methyl/N-ethyl adjacent to an activating group) is 1. The summed E-state index contributed by atoms with van der Waals surface area (Å²) >= 11 is 0. The minimum atomic E-state index is -0.294. The number of carbonyl (C=O) groups excluding carboxylic acids is 2. The highest BCUT2D eigenvalue weighted by Crippen LogP contribution is 2.25. The fourth-order valence-electron chi connectivity index (χ4n) is 3.98. The molecule has 3 rings (SSSR count). The van der Waals surface area contributed by atoms with Crippen molar-refractivity contribution in [2.75, 3.05) is 27.2 Å². The monoisotopic (exact) mass is 407 g/mol. The molecule has 2 aromatic rings. The summed E-state index contributed by atoms with van der Waals surface area (Å²) in [7, 11) is 3.88. The molecule has 1 atom stereocenters. The summed E-state index contributed by atoms with van der Waals surface area (Å²) < 4.78 is 0. The number of likely N-dealkylation sites (tertiary alicyclic amines) is 1. The zero-order chi connectivity index (χ0) is 21.7. The fourth-order valence-corrected chi connectivity index (χ4v) is 3.98. The topological polar surface area (TPSA) is 52.7 Å². The maximum Gasteiger partial charge on any atom is 0.244 e. The minimum absolute atomic E-state index is 0.0309. The van der Waals surface area contributed by atoms with Crippen LogP contribution in [0.2, 0.25) is 0 Å². The molecular formula is C25H33N3O2. The number of piperidine rings is 1. The van der Waals surface area contributed by atoms with E-state index in [1.165, 1.54) is 11.1 Å². The molecule has 0 bridgehead atoms. The number of aryl methyl sites for hydroxylation is 2. The van der Waals surface area contributed by atoms with Crippen LogP contribution in [-0.2, 0) is 16.1 Å². The molecule has 160 valence electrons. The molecule has 0 aliphatic carbocycles. The fraction of sp³-hybridized carbons (Fsp3) is 0.440. The van der Waals surface area contributed by atoms with Gasteiger partial charge in [0.2, 0.25) is 11.8 Å². The second kappa shape index (κ2) is 9.90. The Morgan fingerprint density at radius 1 is 0.967 bits per heavy atom. The van der Waals surface area contributed by atoms with E-state index in [9.17, 15) is 9.59 Å². The largest absolute Gasteiger partial charge is 0.352 e. The molecule has 0 aromatic heterocycles. The van der Waals surface area contributed by atoms with Crippen LogP contribution in [0.1, 0.15) is 41.1 Å². The van der Waals surface area contributed by atoms with E-state index in [1.807, 2.05) is 67.2 Å². The number of nitrogens with zero attached hydrogens (tertiary/aromatic N) is 2. The van der Waals surface area contributed by atoms with Crippen molar-refractivity contribution < 1.29 is 9.59 Å². The van der Waals surface area contributed by atoms with Crippen LogP contribution in [0.4, 0.5) is 0 Å². The lowest BCUT2D eigenvalue weighted by atomic mass is 9.94. The van der Waals surface area contributed by atoms with E-state index >= 15 is 0 Å². The average molecular weight is 408 g/mol. The third-order valence-electron chi connectivity index (χ3n) is 5.91. The first kappa shape index (κ1) is 22.0. The predicted octanol–water partition coefficient (Wildman–Crippen LogP) is 3.46. The zero-order valence-corrected chi connectivity index (χ0v) is 18.5. The van der Waals surface area contributed by atoms with Gasteiger partial charge in [-0.1, -0.05) is 59.7 Å². The highest BCUT2D eigenvalue weighted by molar-refractivity contribution is 5.84. The number of benzene rings is 2. The van der Waals surface area contributed by atoms with E-state index < -0.39 is 0 Å². The Bertz CT molecular complexity index is 851. The highest BCUT2D eigenvalue weighted by atomic mass is 16.2. The average Bonchev–Trinajstić information content (AvgIpc) is 2.74. The molecule has 30 heavy (non-hydrogen) atoms. The van der Waals surface area contributed by atoms with Crippen molar-refractivity contribution in [3.8, 4) is 0 Å². The van der Waals surface area contributed by atoms with Gasteiger partial charge in [0.25, 0.3) is 0 Å². The van der Waals surface area contributed by atoms with Crippen LogP contribution in [0.25, 0.3) is 0 Å². The molecule has 1 N–H and O–H groups in total. The second-order valence-electron chi connectivity index (χ2n) is 8.58. The maximum atomic E-state index is 13.2. The first-order valence-electron chi connectivity index (χ1n) is 10.7. The van der Waals surface area contributed by atoms with Crippen molar-refractivity contribution >= 4 is 11.8 Å². The first-order valence-corrected chi connectivity index (χ1v) is 10.7. The van der Waals surface area contributed by atoms with Gasteiger partial charge in [0, 0.05) is 25.6 Å². The molecule has 2 aromatic carbocycles. The number of rotatable bonds is 6. The van der Waals surface area contributed by atoms with Crippen LogP contribution in [-0.4, -0.2) is 48.8 Å². The summed E-state index contributed by atoms with van der Waals surface area (Å²) in [5.74, 6) is 0.171. The quantitative estimate of drug-likeness (QED) is 0.798. The lowest BCUT2D eigenvalue weighted by Crippen LogP contribution is -2.46. The summed E-state index contributed by atoms with van der Waals surface area (Å²) in [5.41, 5.74) is 4.51. The van der Waals surface area contributed by atoms with E-state index in [4.69, 9.17) is 0 Å². The van der Waals surface area contributed by atoms with Crippen molar-refractivity contribution in [3.63, 3.8) is 0 Å². The summed E-state index contributed by atoms with van der Waals surface area (Å²) in [4.78, 5) is 29.7. The molecular weight excluding hydrogens is 374 g/mol. The summed E-state index contributed by atoms with van der Waals surface area (Å²) in [6.07, 6.45) is 1.42. The van der Waals surface area contributed by atoms with Crippen LogP contribution in [0.3, 0.4) is 0 Å². The molecule has 1 saturated heterocycles. The standard InChI is InChI=1S/C25H33N3O2/c1-18-5-9-20(10-6-18)17-26-24(29)22-13-15-28(16-14-22)25(30)23(27(3)4)21-11-7-19(2)8-12-21/h5-12,22-23H,13-17H2,1-4H3,(H,26,29). The molecule has 0 radical (unpaired) electrons. The molecule has 1 unspecified atom stereocenters. The van der Waals surface area contributed by atoms with E-state index in [1.54, 1.807) is 0 Å². The van der Waals surface area contributed by atoms with Gasteiger partial charge in [-0.25, -0.2) is 0 Å². The van der Waals surface area contributed by atoms with Crippen LogP contribution in [0.15, 0.2) is 48.5 Å². The van der Waals surface area contributed by atoms with Gasteiger partial charge in [-0.15, -0.1) is 0 Å². The number of carbonyl (C=O) groups is 2. The van der Waals surface area contributed by atoms with Crippen LogP contribution >= 0.6 is 0 Å². The molecule has 0 spiro atoms. The van der Waals surface area contributed by atoms with E-state index in [0.29, 0.717) is 32.5 Å². The molecule has 1 aliphatic rings. The van der Waals surface area contributed by atoms with Crippen LogP contribution < -0.4 is 5.32 Å². The predicted molar refractivity (Wildman–Crippen MR) is 120 cm³/mol. The van der Waals surface area contributed by atoms with Crippen molar-refractivity contribution in [2.45, 2.75) is 39.3 Å². The van der Waals surface area contributed by atoms with Gasteiger partial charge in [-0.2, -0.15) is 0 Å². The van der Waals surface area contributed by atoms with Gasteiger partial charge in [-0.05, 0) is 51.9 Å². The zero-order valence-electron chi connectivity index (χ0n) is 18.5. The van der Waals surface area contributed by atoms with Crippen molar-refractivity contribution in [1.29, 1.82) is 0 Å². The number of amides is 2. The molecule has 5 heteroatoms. The normalized spacial score (nSPS) is 15.8. The van der Waals surface area contributed by atoms with Crippen molar-refractivity contribution in [1.82, 2.24) is 15.1 Å². The number of hydrogen-bond donors (Lipinski definition) is 1. The Labute approximate surface area is 180 Å². The molecule has 1 fully saturated rings. The van der Waals surface area contributed by atoms with Gasteiger partial charge in [0.15, 0.2) is 0 Å². The van der Waals surface area contributed by atoms with Gasteiger partial charge in [0.1, 0.15) is 6.04 Å². The Hall–Kier alpha value is -2.66. The lowest BCUT2D eigenvalue weighted by Gasteiger charge is -2.35. The molecule has 5 nitrogen and oxygen atoms in total. The number of nitrogens with one attached hydrogen (secondary N) is 1. The van der Waals surface area contributed by atoms with Crippen LogP contribution in [0.5, 0.6) is 0 Å². The molecule has 0 saturated carbocycles. The van der Waals surface area contributed by atoms with Crippen molar-refractivity contribution in [2.24, 2.45) is 5.92 Å². The Morgan fingerprint density at radius 3 is 2.03 bits per heavy atom. The second-order valence-corrected chi connectivity index (χ2v) is 8.58.